The smallest absolute Gasteiger partial charge is 0.394 e. The van der Waals surface area contributed by atoms with Gasteiger partial charge in [0.2, 0.25) is 0 Å². The third-order valence-electron chi connectivity index (χ3n) is 6.55. The molecule has 3 heterocycles. The van der Waals surface area contributed by atoms with Crippen molar-refractivity contribution in [3.05, 3.63) is 75.4 Å². The second-order valence-electron chi connectivity index (χ2n) is 9.24. The molecule has 1 aliphatic rings. The van der Waals surface area contributed by atoms with Gasteiger partial charge in [0.1, 0.15) is 10.8 Å². The largest absolute Gasteiger partial charge is 0.433 e. The number of benzene rings is 1. The second kappa shape index (κ2) is 10.9. The fourth-order valence-corrected chi connectivity index (χ4v) is 4.96. The summed E-state index contributed by atoms with van der Waals surface area (Å²) in [6.07, 6.45) is 4.17. The molecule has 4 rings (SSSR count). The molecular weight excluding hydrogens is 474 g/mol. The Hall–Kier alpha value is -2.71. The Balaban J connectivity index is 1.35. The summed E-state index contributed by atoms with van der Waals surface area (Å²) in [6.45, 7) is 3.18. The maximum absolute atomic E-state index is 13.1. The minimum absolute atomic E-state index is 0.0257. The van der Waals surface area contributed by atoms with Gasteiger partial charge in [-0.1, -0.05) is 17.7 Å². The van der Waals surface area contributed by atoms with E-state index in [1.807, 2.05) is 18.3 Å². The molecule has 0 unspecified atom stereocenters. The lowest BCUT2D eigenvalue weighted by Gasteiger charge is -2.32. The topological polar surface area (TPSA) is 52.3 Å². The van der Waals surface area contributed by atoms with Crippen molar-refractivity contribution in [3.8, 4) is 11.4 Å². The molecular formula is C26H31ClF2N4O2. The van der Waals surface area contributed by atoms with E-state index in [9.17, 15) is 13.6 Å². The van der Waals surface area contributed by atoms with Crippen molar-refractivity contribution in [2.75, 3.05) is 13.1 Å². The molecule has 1 saturated heterocycles. The molecule has 9 heteroatoms. The highest BCUT2D eigenvalue weighted by molar-refractivity contribution is 6.31. The van der Waals surface area contributed by atoms with Gasteiger partial charge in [0.25, 0.3) is 5.56 Å². The maximum atomic E-state index is 13.1. The van der Waals surface area contributed by atoms with Gasteiger partial charge >= 0.3 is 6.11 Å². The number of aryl methyl sites for hydroxylation is 1. The van der Waals surface area contributed by atoms with Gasteiger partial charge in [-0.3, -0.25) is 19.4 Å². The number of piperidine rings is 1. The first-order chi connectivity index (χ1) is 16.7. The summed E-state index contributed by atoms with van der Waals surface area (Å²) in [6, 6.07) is 12.0. The quantitative estimate of drug-likeness (QED) is 0.389. The normalized spacial score (nSPS) is 15.5. The van der Waals surface area contributed by atoms with Crippen LogP contribution in [0.3, 0.4) is 0 Å². The van der Waals surface area contributed by atoms with Crippen LogP contribution in [0.1, 0.15) is 44.0 Å². The maximum Gasteiger partial charge on any atom is 0.394 e. The highest BCUT2D eigenvalue weighted by atomic mass is 35.5. The van der Waals surface area contributed by atoms with Crippen LogP contribution in [0.2, 0.25) is 5.02 Å². The van der Waals surface area contributed by atoms with Gasteiger partial charge in [0.15, 0.2) is 0 Å². The number of halogens is 3. The summed E-state index contributed by atoms with van der Waals surface area (Å²) in [5, 5.41) is 0.186. The molecule has 1 aliphatic heterocycles. The Morgan fingerprint density at radius 1 is 1.14 bits per heavy atom. The van der Waals surface area contributed by atoms with Crippen LogP contribution in [0.4, 0.5) is 8.78 Å². The zero-order chi connectivity index (χ0) is 25.0. The highest BCUT2D eigenvalue weighted by Crippen LogP contribution is 2.26. The van der Waals surface area contributed by atoms with Crippen LogP contribution in [0.5, 0.6) is 5.75 Å². The molecule has 0 saturated carbocycles. The first-order valence-electron chi connectivity index (χ1n) is 12.0. The zero-order valence-corrected chi connectivity index (χ0v) is 20.8. The lowest BCUT2D eigenvalue weighted by atomic mass is 9.91. The molecule has 0 N–H and O–H groups in total. The Morgan fingerprint density at radius 3 is 2.49 bits per heavy atom. The van der Waals surface area contributed by atoms with Crippen molar-refractivity contribution in [2.24, 2.45) is 13.0 Å². The van der Waals surface area contributed by atoms with E-state index >= 15 is 0 Å². The number of pyridine rings is 1. The van der Waals surface area contributed by atoms with Crippen molar-refractivity contribution >= 4 is 11.6 Å². The average Bonchev–Trinajstić information content (AvgIpc) is 3.03. The number of nitrogens with zero attached hydrogens (tertiary/aromatic N) is 4. The molecule has 1 aromatic carbocycles. The van der Waals surface area contributed by atoms with E-state index in [0.717, 1.165) is 50.2 Å². The summed E-state index contributed by atoms with van der Waals surface area (Å²) in [5.74, 6) is 0.729. The first kappa shape index (κ1) is 25.4. The second-order valence-corrected chi connectivity index (χ2v) is 9.62. The molecule has 6 nitrogen and oxygen atoms in total. The monoisotopic (exact) mass is 504 g/mol. The SMILES string of the molecule is Cn1c(CN2CCC(CCCc3ccccn3)CC2)c(Cl)c(=O)n1-c1ccc(OC(C)(F)F)cc1. The summed E-state index contributed by atoms with van der Waals surface area (Å²) in [7, 11) is 1.79. The van der Waals surface area contributed by atoms with Gasteiger partial charge in [-0.15, -0.1) is 0 Å². The molecule has 1 fully saturated rings. The number of likely N-dealkylation sites (tertiary alicyclic amines) is 1. The van der Waals surface area contributed by atoms with Crippen LogP contribution < -0.4 is 10.3 Å². The zero-order valence-electron chi connectivity index (χ0n) is 20.1. The third kappa shape index (κ3) is 6.49. The fraction of sp³-hybridized carbons (Fsp3) is 0.462. The molecule has 0 amide bonds. The van der Waals surface area contributed by atoms with E-state index in [4.69, 9.17) is 11.6 Å². The van der Waals surface area contributed by atoms with Crippen molar-refractivity contribution in [2.45, 2.75) is 51.7 Å². The average molecular weight is 505 g/mol. The molecule has 0 aliphatic carbocycles. The third-order valence-corrected chi connectivity index (χ3v) is 6.93. The molecule has 0 spiro atoms. The van der Waals surface area contributed by atoms with Crippen LogP contribution in [0.25, 0.3) is 5.69 Å². The van der Waals surface area contributed by atoms with Gasteiger partial charge in [-0.25, -0.2) is 4.68 Å². The highest BCUT2D eigenvalue weighted by Gasteiger charge is 2.25. The van der Waals surface area contributed by atoms with Gasteiger partial charge < -0.3 is 4.74 Å². The van der Waals surface area contributed by atoms with E-state index in [0.29, 0.717) is 25.1 Å². The minimum Gasteiger partial charge on any atom is -0.433 e. The predicted molar refractivity (Wildman–Crippen MR) is 132 cm³/mol. The standard InChI is InChI=1S/C26H31ClF2N4O2/c1-26(28,29)35-22-11-9-21(10-12-22)33-25(34)24(27)23(31(33)2)18-32-16-13-19(14-17-32)6-5-8-20-7-3-4-15-30-20/h3-4,7,9-12,15,19H,5-6,8,13-14,16-18H2,1-2H3. The lowest BCUT2D eigenvalue weighted by molar-refractivity contribution is -0.158. The van der Waals surface area contributed by atoms with E-state index in [-0.39, 0.29) is 16.3 Å². The molecule has 0 bridgehead atoms. The van der Waals surface area contributed by atoms with Crippen molar-refractivity contribution in [1.29, 1.82) is 0 Å². The lowest BCUT2D eigenvalue weighted by Crippen LogP contribution is -2.34. The molecule has 0 atom stereocenters. The number of ether oxygens (including phenoxy) is 1. The Kier molecular flexibility index (Phi) is 7.91. The Labute approximate surface area is 209 Å². The van der Waals surface area contributed by atoms with Crippen LogP contribution in [-0.4, -0.2) is 38.4 Å². The number of hydrogen-bond donors (Lipinski definition) is 0. The molecule has 0 radical (unpaired) electrons. The summed E-state index contributed by atoms with van der Waals surface area (Å²) in [5.41, 5.74) is 2.09. The minimum atomic E-state index is -3.27. The van der Waals surface area contributed by atoms with Gasteiger partial charge in [0.05, 0.1) is 11.4 Å². The Bertz CT molecular complexity index is 1170. The van der Waals surface area contributed by atoms with Crippen LogP contribution in [-0.2, 0) is 20.0 Å². The number of hydrogen-bond acceptors (Lipinski definition) is 4. The molecule has 188 valence electrons. The van der Waals surface area contributed by atoms with Crippen molar-refractivity contribution in [1.82, 2.24) is 19.2 Å². The fourth-order valence-electron chi connectivity index (χ4n) is 4.70. The summed E-state index contributed by atoms with van der Waals surface area (Å²) in [4.78, 5) is 19.6. The van der Waals surface area contributed by atoms with Crippen molar-refractivity contribution < 1.29 is 13.5 Å². The first-order valence-corrected chi connectivity index (χ1v) is 12.3. The predicted octanol–water partition coefficient (Wildman–Crippen LogP) is 5.45. The van der Waals surface area contributed by atoms with Crippen LogP contribution in [0.15, 0.2) is 53.5 Å². The van der Waals surface area contributed by atoms with E-state index in [1.165, 1.54) is 23.2 Å². The van der Waals surface area contributed by atoms with E-state index < -0.39 is 6.11 Å². The number of aromatic nitrogens is 3. The summed E-state index contributed by atoms with van der Waals surface area (Å²) >= 11 is 6.45. The summed E-state index contributed by atoms with van der Waals surface area (Å²) < 4.78 is 33.9. The van der Waals surface area contributed by atoms with Crippen LogP contribution >= 0.6 is 11.6 Å². The van der Waals surface area contributed by atoms with Crippen molar-refractivity contribution in [3.63, 3.8) is 0 Å². The molecule has 35 heavy (non-hydrogen) atoms. The Morgan fingerprint density at radius 2 is 1.86 bits per heavy atom. The van der Waals surface area contributed by atoms with E-state index in [1.54, 1.807) is 23.9 Å². The van der Waals surface area contributed by atoms with Gasteiger partial charge in [0, 0.05) is 32.4 Å². The van der Waals surface area contributed by atoms with E-state index in [2.05, 4.69) is 20.7 Å². The number of rotatable bonds is 9. The van der Waals surface area contributed by atoms with Gasteiger partial charge in [-0.2, -0.15) is 8.78 Å². The van der Waals surface area contributed by atoms with Gasteiger partial charge in [-0.05, 0) is 87.5 Å². The molecule has 3 aromatic rings. The molecule has 2 aromatic heterocycles. The number of alkyl halides is 2. The van der Waals surface area contributed by atoms with Crippen LogP contribution in [0, 0.1) is 5.92 Å².